The van der Waals surface area contributed by atoms with Crippen molar-refractivity contribution in [2.24, 2.45) is 0 Å². The summed E-state index contributed by atoms with van der Waals surface area (Å²) in [5.74, 6) is 0.106. The molecule has 94 valence electrons. The SMILES string of the molecule is CC(C)NCCCC(=O)c1ccc(Cl)c(Cl)c1. The van der Waals surface area contributed by atoms with Gasteiger partial charge in [-0.3, -0.25) is 4.79 Å². The van der Waals surface area contributed by atoms with Gasteiger partial charge in [-0.2, -0.15) is 0 Å². The smallest absolute Gasteiger partial charge is 0.162 e. The highest BCUT2D eigenvalue weighted by molar-refractivity contribution is 6.42. The zero-order valence-electron chi connectivity index (χ0n) is 10.1. The van der Waals surface area contributed by atoms with Gasteiger partial charge in [0.1, 0.15) is 0 Å². The Morgan fingerprint density at radius 1 is 1.29 bits per heavy atom. The standard InChI is InChI=1S/C13H17Cl2NO/c1-9(2)16-7-3-4-13(17)10-5-6-11(14)12(15)8-10/h5-6,8-9,16H,3-4,7H2,1-2H3. The molecule has 0 atom stereocenters. The lowest BCUT2D eigenvalue weighted by Gasteiger charge is -2.07. The van der Waals surface area contributed by atoms with Crippen LogP contribution in [-0.4, -0.2) is 18.4 Å². The van der Waals surface area contributed by atoms with Crippen molar-refractivity contribution in [2.75, 3.05) is 6.54 Å². The highest BCUT2D eigenvalue weighted by atomic mass is 35.5. The van der Waals surface area contributed by atoms with Crippen molar-refractivity contribution in [1.29, 1.82) is 0 Å². The summed E-state index contributed by atoms with van der Waals surface area (Å²) in [6.45, 7) is 5.02. The van der Waals surface area contributed by atoms with Gasteiger partial charge in [0.05, 0.1) is 10.0 Å². The molecule has 1 aromatic rings. The van der Waals surface area contributed by atoms with Gasteiger partial charge in [-0.05, 0) is 31.2 Å². The predicted molar refractivity (Wildman–Crippen MR) is 73.2 cm³/mol. The third kappa shape index (κ3) is 5.07. The van der Waals surface area contributed by atoms with Crippen LogP contribution in [0.15, 0.2) is 18.2 Å². The molecular weight excluding hydrogens is 257 g/mol. The predicted octanol–water partition coefficient (Wildman–Crippen LogP) is 3.95. The topological polar surface area (TPSA) is 29.1 Å². The minimum atomic E-state index is 0.106. The molecule has 0 saturated carbocycles. The summed E-state index contributed by atoms with van der Waals surface area (Å²) in [6, 6.07) is 5.45. The van der Waals surface area contributed by atoms with Crippen LogP contribution in [0.4, 0.5) is 0 Å². The van der Waals surface area contributed by atoms with Crippen molar-refractivity contribution in [1.82, 2.24) is 5.32 Å². The number of ketones is 1. The first-order chi connectivity index (χ1) is 8.00. The number of halogens is 2. The fraction of sp³-hybridized carbons (Fsp3) is 0.462. The van der Waals surface area contributed by atoms with E-state index in [1.165, 1.54) is 0 Å². The number of nitrogens with one attached hydrogen (secondary N) is 1. The Morgan fingerprint density at radius 2 is 2.00 bits per heavy atom. The van der Waals surface area contributed by atoms with Crippen LogP contribution in [0.2, 0.25) is 10.0 Å². The van der Waals surface area contributed by atoms with Gasteiger partial charge >= 0.3 is 0 Å². The molecule has 0 amide bonds. The summed E-state index contributed by atoms with van der Waals surface area (Å²) in [5.41, 5.74) is 0.629. The molecule has 0 heterocycles. The Labute approximate surface area is 112 Å². The Balaban J connectivity index is 2.44. The Hall–Kier alpha value is -0.570. The van der Waals surface area contributed by atoms with E-state index in [-0.39, 0.29) is 5.78 Å². The molecule has 0 saturated heterocycles. The molecule has 0 fully saturated rings. The average molecular weight is 274 g/mol. The van der Waals surface area contributed by atoms with Gasteiger partial charge in [0.15, 0.2) is 5.78 Å². The van der Waals surface area contributed by atoms with E-state index in [0.717, 1.165) is 13.0 Å². The van der Waals surface area contributed by atoms with Crippen LogP contribution < -0.4 is 5.32 Å². The lowest BCUT2D eigenvalue weighted by molar-refractivity contribution is 0.0980. The normalized spacial score (nSPS) is 10.9. The molecule has 0 unspecified atom stereocenters. The first kappa shape index (κ1) is 14.5. The van der Waals surface area contributed by atoms with Crippen molar-refractivity contribution >= 4 is 29.0 Å². The maximum atomic E-state index is 11.8. The highest BCUT2D eigenvalue weighted by Crippen LogP contribution is 2.23. The van der Waals surface area contributed by atoms with Crippen LogP contribution in [0, 0.1) is 0 Å². The van der Waals surface area contributed by atoms with Gasteiger partial charge in [-0.1, -0.05) is 37.0 Å². The van der Waals surface area contributed by atoms with Crippen molar-refractivity contribution < 1.29 is 4.79 Å². The fourth-order valence-corrected chi connectivity index (χ4v) is 1.75. The fourth-order valence-electron chi connectivity index (χ4n) is 1.45. The van der Waals surface area contributed by atoms with E-state index in [9.17, 15) is 4.79 Å². The van der Waals surface area contributed by atoms with Crippen LogP contribution in [0.3, 0.4) is 0 Å². The van der Waals surface area contributed by atoms with Crippen molar-refractivity contribution in [3.8, 4) is 0 Å². The van der Waals surface area contributed by atoms with Crippen LogP contribution in [-0.2, 0) is 0 Å². The van der Waals surface area contributed by atoms with Crippen LogP contribution in [0.5, 0.6) is 0 Å². The van der Waals surface area contributed by atoms with Gasteiger partial charge < -0.3 is 5.32 Å². The van der Waals surface area contributed by atoms with E-state index < -0.39 is 0 Å². The van der Waals surface area contributed by atoms with Crippen LogP contribution >= 0.6 is 23.2 Å². The molecule has 0 aliphatic heterocycles. The maximum absolute atomic E-state index is 11.8. The van der Waals surface area contributed by atoms with Crippen molar-refractivity contribution in [3.05, 3.63) is 33.8 Å². The van der Waals surface area contributed by atoms with E-state index in [1.54, 1.807) is 18.2 Å². The summed E-state index contributed by atoms with van der Waals surface area (Å²) in [4.78, 5) is 11.8. The quantitative estimate of drug-likeness (QED) is 0.628. The first-order valence-electron chi connectivity index (χ1n) is 5.72. The molecule has 1 rings (SSSR count). The number of benzene rings is 1. The zero-order chi connectivity index (χ0) is 12.8. The van der Waals surface area contributed by atoms with Crippen LogP contribution in [0.1, 0.15) is 37.0 Å². The Kier molecular flexibility index (Phi) is 5.96. The molecule has 0 spiro atoms. The lowest BCUT2D eigenvalue weighted by atomic mass is 10.1. The van der Waals surface area contributed by atoms with Gasteiger partial charge in [-0.25, -0.2) is 0 Å². The van der Waals surface area contributed by atoms with Crippen LogP contribution in [0.25, 0.3) is 0 Å². The van der Waals surface area contributed by atoms with Crippen molar-refractivity contribution in [2.45, 2.75) is 32.7 Å². The summed E-state index contributed by atoms with van der Waals surface area (Å²) < 4.78 is 0. The minimum Gasteiger partial charge on any atom is -0.315 e. The number of carbonyl (C=O) groups is 1. The molecule has 4 heteroatoms. The number of Topliss-reactive ketones (excluding diaryl/α,β-unsaturated/α-hetero) is 1. The highest BCUT2D eigenvalue weighted by Gasteiger charge is 2.07. The van der Waals surface area contributed by atoms with E-state index >= 15 is 0 Å². The second-order valence-corrected chi connectivity index (χ2v) is 5.08. The summed E-state index contributed by atoms with van der Waals surface area (Å²) in [5, 5.41) is 4.18. The first-order valence-corrected chi connectivity index (χ1v) is 6.48. The van der Waals surface area contributed by atoms with E-state index in [0.29, 0.717) is 28.1 Å². The molecule has 0 radical (unpaired) electrons. The molecule has 1 aromatic carbocycles. The van der Waals surface area contributed by atoms with E-state index in [1.807, 2.05) is 0 Å². The van der Waals surface area contributed by atoms with E-state index in [2.05, 4.69) is 19.2 Å². The maximum Gasteiger partial charge on any atom is 0.162 e. The number of rotatable bonds is 6. The number of carbonyl (C=O) groups excluding carboxylic acids is 1. The molecular formula is C13H17Cl2NO. The summed E-state index contributed by atoms with van der Waals surface area (Å²) in [7, 11) is 0. The molecule has 0 bridgehead atoms. The third-order valence-corrected chi connectivity index (χ3v) is 3.11. The van der Waals surface area contributed by atoms with Crippen molar-refractivity contribution in [3.63, 3.8) is 0 Å². The Bertz CT molecular complexity index is 391. The zero-order valence-corrected chi connectivity index (χ0v) is 11.6. The second-order valence-electron chi connectivity index (χ2n) is 4.26. The van der Waals surface area contributed by atoms with Gasteiger partial charge in [0.25, 0.3) is 0 Å². The summed E-state index contributed by atoms with van der Waals surface area (Å²) >= 11 is 11.7. The minimum absolute atomic E-state index is 0.106. The second kappa shape index (κ2) is 7.00. The van der Waals surface area contributed by atoms with Gasteiger partial charge in [0.2, 0.25) is 0 Å². The lowest BCUT2D eigenvalue weighted by Crippen LogP contribution is -2.24. The molecule has 0 aliphatic carbocycles. The molecule has 0 aliphatic rings. The average Bonchev–Trinajstić information content (AvgIpc) is 2.27. The van der Waals surface area contributed by atoms with Gasteiger partial charge in [0, 0.05) is 18.0 Å². The molecule has 17 heavy (non-hydrogen) atoms. The number of hydrogen-bond acceptors (Lipinski definition) is 2. The summed E-state index contributed by atoms with van der Waals surface area (Å²) in [6.07, 6.45) is 1.36. The van der Waals surface area contributed by atoms with E-state index in [4.69, 9.17) is 23.2 Å². The molecule has 0 aromatic heterocycles. The van der Waals surface area contributed by atoms with Gasteiger partial charge in [-0.15, -0.1) is 0 Å². The third-order valence-electron chi connectivity index (χ3n) is 2.37. The monoisotopic (exact) mass is 273 g/mol. The molecule has 2 nitrogen and oxygen atoms in total. The molecule has 1 N–H and O–H groups in total. The largest absolute Gasteiger partial charge is 0.315 e. The Morgan fingerprint density at radius 3 is 2.59 bits per heavy atom. The number of hydrogen-bond donors (Lipinski definition) is 1.